The standard InChI is InChI=1S/C33H54O10/c1-8-40-33(6,24-16-39-24)41-15-23-27(35)28(36)29(37)31(42-23)43-30-25-20(17(2)3)11-12-32(25,5)13-22-19(14-38-7)9-10-21(22)18(4)26(30)34/h13,17-19,21,23-24,26-31,34-37H,8-12,14-16H2,1-7H3/b22-13-/t18?,19-,21+,23?,24?,26?,27?,28?,29-,30-,31?,32?,33?/m1/s1. The van der Waals surface area contributed by atoms with Crippen LogP contribution in [0.1, 0.15) is 67.2 Å². The van der Waals surface area contributed by atoms with Crippen molar-refractivity contribution in [2.75, 3.05) is 33.5 Å². The summed E-state index contributed by atoms with van der Waals surface area (Å²) < 4.78 is 35.6. The Labute approximate surface area is 256 Å². The summed E-state index contributed by atoms with van der Waals surface area (Å²) >= 11 is 0. The highest BCUT2D eigenvalue weighted by molar-refractivity contribution is 5.41. The van der Waals surface area contributed by atoms with Gasteiger partial charge in [0.2, 0.25) is 0 Å². The number of aliphatic hydroxyl groups excluding tert-OH is 4. The lowest BCUT2D eigenvalue weighted by molar-refractivity contribution is -0.329. The van der Waals surface area contributed by atoms with Gasteiger partial charge in [0.25, 0.3) is 0 Å². The Kier molecular flexibility index (Phi) is 10.2. The number of hydrogen-bond donors (Lipinski definition) is 4. The minimum atomic E-state index is -1.53. The summed E-state index contributed by atoms with van der Waals surface area (Å²) in [6.45, 7) is 13.7. The van der Waals surface area contributed by atoms with Crippen LogP contribution in [-0.2, 0) is 28.4 Å². The molecule has 4 N–H and O–H groups in total. The van der Waals surface area contributed by atoms with Gasteiger partial charge in [-0.25, -0.2) is 0 Å². The summed E-state index contributed by atoms with van der Waals surface area (Å²) in [4.78, 5) is 0. The van der Waals surface area contributed by atoms with Crippen LogP contribution in [0.4, 0.5) is 0 Å². The van der Waals surface area contributed by atoms with Crippen molar-refractivity contribution in [3.8, 4) is 0 Å². The summed E-state index contributed by atoms with van der Waals surface area (Å²) in [5.41, 5.74) is 3.31. The van der Waals surface area contributed by atoms with Crippen molar-refractivity contribution < 1.29 is 48.8 Å². The van der Waals surface area contributed by atoms with Crippen molar-refractivity contribution in [3.63, 3.8) is 0 Å². The fourth-order valence-corrected chi connectivity index (χ4v) is 8.10. The molecule has 0 aromatic carbocycles. The maximum Gasteiger partial charge on any atom is 0.194 e. The van der Waals surface area contributed by atoms with E-state index in [0.29, 0.717) is 25.7 Å². The van der Waals surface area contributed by atoms with Crippen LogP contribution >= 0.6 is 0 Å². The minimum Gasteiger partial charge on any atom is -0.390 e. The molecule has 5 rings (SSSR count). The number of allylic oxidation sites excluding steroid dienone is 2. The molecule has 10 heteroatoms. The molecule has 2 heterocycles. The molecule has 43 heavy (non-hydrogen) atoms. The van der Waals surface area contributed by atoms with Gasteiger partial charge in [-0.1, -0.05) is 44.9 Å². The van der Waals surface area contributed by atoms with Crippen molar-refractivity contribution >= 4 is 0 Å². The lowest BCUT2D eigenvalue weighted by Gasteiger charge is -2.46. The maximum atomic E-state index is 12.1. The van der Waals surface area contributed by atoms with Gasteiger partial charge in [0.15, 0.2) is 12.1 Å². The fourth-order valence-electron chi connectivity index (χ4n) is 8.10. The van der Waals surface area contributed by atoms with Crippen molar-refractivity contribution in [2.24, 2.45) is 29.1 Å². The van der Waals surface area contributed by atoms with Crippen molar-refractivity contribution in [3.05, 3.63) is 22.8 Å². The van der Waals surface area contributed by atoms with Crippen LogP contribution in [0.5, 0.6) is 0 Å². The van der Waals surface area contributed by atoms with E-state index in [0.717, 1.165) is 31.3 Å². The zero-order chi connectivity index (χ0) is 31.3. The third-order valence-corrected chi connectivity index (χ3v) is 10.8. The van der Waals surface area contributed by atoms with Crippen LogP contribution in [0.25, 0.3) is 0 Å². The Morgan fingerprint density at radius 1 is 1.05 bits per heavy atom. The Morgan fingerprint density at radius 2 is 1.77 bits per heavy atom. The van der Waals surface area contributed by atoms with Crippen molar-refractivity contribution in [1.29, 1.82) is 0 Å². The van der Waals surface area contributed by atoms with Gasteiger partial charge in [-0.05, 0) is 62.9 Å². The van der Waals surface area contributed by atoms with Crippen LogP contribution in [0, 0.1) is 29.1 Å². The van der Waals surface area contributed by atoms with Gasteiger partial charge >= 0.3 is 0 Å². The second-order valence-corrected chi connectivity index (χ2v) is 14.0. The number of hydrogen-bond acceptors (Lipinski definition) is 10. The average molecular weight is 611 g/mol. The average Bonchev–Trinajstić information content (AvgIpc) is 3.69. The van der Waals surface area contributed by atoms with Crippen LogP contribution in [0.2, 0.25) is 0 Å². The number of ether oxygens (including phenoxy) is 6. The van der Waals surface area contributed by atoms with Gasteiger partial charge in [0.1, 0.15) is 36.6 Å². The molecule has 0 radical (unpaired) electrons. The first-order chi connectivity index (χ1) is 20.3. The summed E-state index contributed by atoms with van der Waals surface area (Å²) in [7, 11) is 1.74. The van der Waals surface area contributed by atoms with Gasteiger partial charge in [-0.3, -0.25) is 0 Å². The molecule has 2 aliphatic heterocycles. The zero-order valence-electron chi connectivity index (χ0n) is 26.9. The third kappa shape index (κ3) is 6.39. The largest absolute Gasteiger partial charge is 0.390 e. The SMILES string of the molecule is CCOC(C)(OCC1OC(O[C@@H]2C3=C(C(C)C)CCC3(C)/C=C3/[C@@H](COC)CC[C@H]3C(C)C2O)[C@H](O)C(O)C1O)C1CO1. The fraction of sp³-hybridized carbons (Fsp3) is 0.879. The van der Waals surface area contributed by atoms with Gasteiger partial charge in [0.05, 0.1) is 25.9 Å². The highest BCUT2D eigenvalue weighted by Crippen LogP contribution is 2.55. The molecule has 0 spiro atoms. The lowest BCUT2D eigenvalue weighted by atomic mass is 9.68. The van der Waals surface area contributed by atoms with E-state index in [1.54, 1.807) is 14.0 Å². The molecule has 2 saturated heterocycles. The molecule has 246 valence electrons. The highest BCUT2D eigenvalue weighted by atomic mass is 16.8. The van der Waals surface area contributed by atoms with Crippen LogP contribution in [0.3, 0.4) is 0 Å². The van der Waals surface area contributed by atoms with E-state index >= 15 is 0 Å². The summed E-state index contributed by atoms with van der Waals surface area (Å²) in [5, 5.41) is 44.9. The molecule has 0 bridgehead atoms. The van der Waals surface area contributed by atoms with Crippen molar-refractivity contribution in [2.45, 2.75) is 122 Å². The van der Waals surface area contributed by atoms with E-state index in [4.69, 9.17) is 28.4 Å². The molecule has 5 aliphatic rings. The van der Waals surface area contributed by atoms with Crippen LogP contribution in [-0.4, -0.2) is 109 Å². The Morgan fingerprint density at radius 3 is 2.40 bits per heavy atom. The molecule has 0 aromatic rings. The monoisotopic (exact) mass is 610 g/mol. The smallest absolute Gasteiger partial charge is 0.194 e. The summed E-state index contributed by atoms with van der Waals surface area (Å²) in [6.07, 6.45) is -2.45. The van der Waals surface area contributed by atoms with Gasteiger partial charge in [-0.2, -0.15) is 0 Å². The molecule has 9 unspecified atom stereocenters. The molecule has 13 atom stereocenters. The van der Waals surface area contributed by atoms with E-state index in [1.165, 1.54) is 11.1 Å². The van der Waals surface area contributed by atoms with Gasteiger partial charge in [0, 0.05) is 25.0 Å². The molecular weight excluding hydrogens is 556 g/mol. The first kappa shape index (κ1) is 33.4. The zero-order valence-corrected chi connectivity index (χ0v) is 26.9. The quantitative estimate of drug-likeness (QED) is 0.157. The van der Waals surface area contributed by atoms with E-state index in [9.17, 15) is 20.4 Å². The maximum absolute atomic E-state index is 12.1. The number of epoxide rings is 1. The van der Waals surface area contributed by atoms with E-state index in [2.05, 4.69) is 33.8 Å². The van der Waals surface area contributed by atoms with Crippen LogP contribution in [0.15, 0.2) is 22.8 Å². The number of rotatable bonds is 11. The summed E-state index contributed by atoms with van der Waals surface area (Å²) in [6, 6.07) is 0. The molecule has 1 saturated carbocycles. The molecular formula is C33H54O10. The molecule has 0 aromatic heterocycles. The van der Waals surface area contributed by atoms with Gasteiger partial charge in [-0.15, -0.1) is 0 Å². The second-order valence-electron chi connectivity index (χ2n) is 14.0. The third-order valence-electron chi connectivity index (χ3n) is 10.8. The van der Waals surface area contributed by atoms with Crippen LogP contribution < -0.4 is 0 Å². The number of aliphatic hydroxyl groups is 4. The number of methoxy groups -OCH3 is 1. The Bertz CT molecular complexity index is 1040. The normalized spacial score (nSPS) is 45.7. The van der Waals surface area contributed by atoms with E-state index < -0.39 is 48.7 Å². The summed E-state index contributed by atoms with van der Waals surface area (Å²) in [5.74, 6) is -0.398. The van der Waals surface area contributed by atoms with E-state index in [1.807, 2.05) is 6.92 Å². The lowest BCUT2D eigenvalue weighted by Crippen LogP contribution is -2.61. The molecule has 0 amide bonds. The predicted molar refractivity (Wildman–Crippen MR) is 158 cm³/mol. The molecule has 10 nitrogen and oxygen atoms in total. The second kappa shape index (κ2) is 13.1. The highest BCUT2D eigenvalue weighted by Gasteiger charge is 2.53. The van der Waals surface area contributed by atoms with E-state index in [-0.39, 0.29) is 35.9 Å². The first-order valence-corrected chi connectivity index (χ1v) is 16.2. The minimum absolute atomic E-state index is 0.114. The number of fused-ring (bicyclic) bond motifs is 2. The Hall–Kier alpha value is -0.920. The topological polar surface area (TPSA) is 140 Å². The predicted octanol–water partition coefficient (Wildman–Crippen LogP) is 2.71. The Balaban J connectivity index is 1.45. The van der Waals surface area contributed by atoms with Gasteiger partial charge < -0.3 is 48.8 Å². The van der Waals surface area contributed by atoms with Crippen molar-refractivity contribution in [1.82, 2.24) is 0 Å². The molecule has 3 fully saturated rings. The first-order valence-electron chi connectivity index (χ1n) is 16.2. The molecule has 3 aliphatic carbocycles.